The van der Waals surface area contributed by atoms with Gasteiger partial charge in [-0.2, -0.15) is 0 Å². The molecule has 100 valence electrons. The fourth-order valence-electron chi connectivity index (χ4n) is 1.67. The topological polar surface area (TPSA) is 73.8 Å². The van der Waals surface area contributed by atoms with Crippen molar-refractivity contribution in [3.05, 3.63) is 46.3 Å². The zero-order chi connectivity index (χ0) is 13.8. The highest BCUT2D eigenvalue weighted by Crippen LogP contribution is 2.34. The maximum Gasteiger partial charge on any atom is 0.269 e. The molecule has 1 aromatic carbocycles. The molecule has 7 heteroatoms. The summed E-state index contributed by atoms with van der Waals surface area (Å²) in [6.45, 7) is 4.82. The van der Waals surface area contributed by atoms with Crippen molar-refractivity contribution in [2.24, 2.45) is 0 Å². The molecule has 2 aromatic rings. The molecular weight excluding hydrogens is 264 g/mol. The maximum atomic E-state index is 10.8. The number of nitro groups is 1. The molecule has 0 spiro atoms. The van der Waals surface area contributed by atoms with Crippen LogP contribution >= 0.6 is 11.8 Å². The lowest BCUT2D eigenvalue weighted by Gasteiger charge is -2.11. The number of aryl methyl sites for hydroxylation is 1. The third kappa shape index (κ3) is 3.11. The average molecular weight is 278 g/mol. The quantitative estimate of drug-likeness (QED) is 0.477. The zero-order valence-corrected chi connectivity index (χ0v) is 11.5. The molecule has 0 amide bonds. The van der Waals surface area contributed by atoms with Crippen molar-refractivity contribution in [2.45, 2.75) is 30.8 Å². The molecule has 1 heterocycles. The fraction of sp³-hybridized carbons (Fsp3) is 0.333. The van der Waals surface area contributed by atoms with Gasteiger partial charge in [-0.15, -0.1) is 10.2 Å². The molecular formula is C12H14N4O2S. The van der Waals surface area contributed by atoms with Gasteiger partial charge in [0, 0.05) is 23.9 Å². The number of nitrogens with zero attached hydrogens (tertiary/aromatic N) is 4. The van der Waals surface area contributed by atoms with Crippen LogP contribution in [-0.4, -0.2) is 19.7 Å². The van der Waals surface area contributed by atoms with Crippen LogP contribution in [0.3, 0.4) is 0 Å². The minimum absolute atomic E-state index is 0.0781. The Morgan fingerprint density at radius 1 is 1.53 bits per heavy atom. The second-order valence-electron chi connectivity index (χ2n) is 4.01. The second kappa shape index (κ2) is 5.83. The molecule has 6 nitrogen and oxygen atoms in total. The van der Waals surface area contributed by atoms with Crippen LogP contribution in [0.2, 0.25) is 0 Å². The number of non-ortho nitro benzene ring substituents is 1. The third-order valence-corrected chi connectivity index (χ3v) is 3.91. The molecule has 1 aromatic heterocycles. The minimum atomic E-state index is -0.380. The summed E-state index contributed by atoms with van der Waals surface area (Å²) in [7, 11) is 0. The standard InChI is InChI=1S/C12H14N4O2S/c1-3-15-8-13-14-12(15)19-9(2)10-5-4-6-11(7-10)16(17)18/h4-9H,3H2,1-2H3. The van der Waals surface area contributed by atoms with E-state index in [1.54, 1.807) is 30.2 Å². The van der Waals surface area contributed by atoms with E-state index in [-0.39, 0.29) is 15.9 Å². The number of nitro benzene ring substituents is 1. The van der Waals surface area contributed by atoms with Gasteiger partial charge in [0.2, 0.25) is 0 Å². The highest BCUT2D eigenvalue weighted by molar-refractivity contribution is 7.99. The van der Waals surface area contributed by atoms with Crippen molar-refractivity contribution in [3.8, 4) is 0 Å². The average Bonchev–Trinajstić information content (AvgIpc) is 2.86. The first kappa shape index (κ1) is 13.5. The monoisotopic (exact) mass is 278 g/mol. The number of rotatable bonds is 5. The van der Waals surface area contributed by atoms with Crippen molar-refractivity contribution in [3.63, 3.8) is 0 Å². The van der Waals surface area contributed by atoms with Crippen LogP contribution < -0.4 is 0 Å². The van der Waals surface area contributed by atoms with Gasteiger partial charge in [-0.05, 0) is 19.4 Å². The van der Waals surface area contributed by atoms with Gasteiger partial charge in [-0.25, -0.2) is 0 Å². The Labute approximate surface area is 115 Å². The van der Waals surface area contributed by atoms with E-state index in [1.807, 2.05) is 24.5 Å². The maximum absolute atomic E-state index is 10.8. The van der Waals surface area contributed by atoms with Crippen LogP contribution in [0.15, 0.2) is 35.7 Å². The SMILES string of the molecule is CCn1cnnc1SC(C)c1cccc([N+](=O)[O-])c1. The van der Waals surface area contributed by atoms with E-state index in [9.17, 15) is 10.1 Å². The summed E-state index contributed by atoms with van der Waals surface area (Å²) in [4.78, 5) is 10.4. The van der Waals surface area contributed by atoms with Crippen molar-refractivity contribution in [1.82, 2.24) is 14.8 Å². The van der Waals surface area contributed by atoms with Crippen molar-refractivity contribution in [1.29, 1.82) is 0 Å². The van der Waals surface area contributed by atoms with Crippen LogP contribution in [0.1, 0.15) is 24.7 Å². The lowest BCUT2D eigenvalue weighted by molar-refractivity contribution is -0.384. The van der Waals surface area contributed by atoms with E-state index >= 15 is 0 Å². The Bertz CT molecular complexity index is 585. The van der Waals surface area contributed by atoms with Crippen LogP contribution in [0.4, 0.5) is 5.69 Å². The first-order chi connectivity index (χ1) is 9.11. The highest BCUT2D eigenvalue weighted by atomic mass is 32.2. The van der Waals surface area contributed by atoms with Crippen LogP contribution in [0.25, 0.3) is 0 Å². The van der Waals surface area contributed by atoms with E-state index in [2.05, 4.69) is 10.2 Å². The number of benzene rings is 1. The molecule has 0 aliphatic rings. The van der Waals surface area contributed by atoms with Crippen molar-refractivity contribution in [2.75, 3.05) is 0 Å². The molecule has 2 rings (SSSR count). The van der Waals surface area contributed by atoms with E-state index in [0.717, 1.165) is 17.3 Å². The molecule has 0 aliphatic heterocycles. The van der Waals surface area contributed by atoms with E-state index < -0.39 is 0 Å². The molecule has 1 atom stereocenters. The van der Waals surface area contributed by atoms with E-state index in [4.69, 9.17) is 0 Å². The molecule has 19 heavy (non-hydrogen) atoms. The predicted molar refractivity (Wildman–Crippen MR) is 73.1 cm³/mol. The fourth-order valence-corrected chi connectivity index (χ4v) is 2.67. The summed E-state index contributed by atoms with van der Waals surface area (Å²) in [5.41, 5.74) is 1.02. The lowest BCUT2D eigenvalue weighted by Crippen LogP contribution is -1.97. The van der Waals surface area contributed by atoms with Gasteiger partial charge in [0.05, 0.1) is 4.92 Å². The Balaban J connectivity index is 2.18. The lowest BCUT2D eigenvalue weighted by atomic mass is 10.1. The normalized spacial score (nSPS) is 12.3. The molecule has 0 aliphatic carbocycles. The number of hydrogen-bond donors (Lipinski definition) is 0. The van der Waals surface area contributed by atoms with Gasteiger partial charge in [0.25, 0.3) is 5.69 Å². The smallest absolute Gasteiger partial charge is 0.269 e. The largest absolute Gasteiger partial charge is 0.309 e. The molecule has 0 fully saturated rings. The minimum Gasteiger partial charge on any atom is -0.309 e. The van der Waals surface area contributed by atoms with Gasteiger partial charge in [0.15, 0.2) is 5.16 Å². The Hall–Kier alpha value is -1.89. The van der Waals surface area contributed by atoms with Gasteiger partial charge in [-0.3, -0.25) is 10.1 Å². The van der Waals surface area contributed by atoms with Gasteiger partial charge >= 0.3 is 0 Å². The van der Waals surface area contributed by atoms with E-state index in [1.165, 1.54) is 6.07 Å². The summed E-state index contributed by atoms with van der Waals surface area (Å²) in [6.07, 6.45) is 1.68. The number of thioether (sulfide) groups is 1. The molecule has 0 saturated heterocycles. The first-order valence-corrected chi connectivity index (χ1v) is 6.78. The van der Waals surface area contributed by atoms with Crippen molar-refractivity contribution >= 4 is 17.4 Å². The Kier molecular flexibility index (Phi) is 4.16. The highest BCUT2D eigenvalue weighted by Gasteiger charge is 2.14. The summed E-state index contributed by atoms with van der Waals surface area (Å²) in [5, 5.41) is 19.6. The summed E-state index contributed by atoms with van der Waals surface area (Å²) in [5.74, 6) is 0. The van der Waals surface area contributed by atoms with Gasteiger partial charge in [0.1, 0.15) is 6.33 Å². The van der Waals surface area contributed by atoms with Crippen LogP contribution in [0.5, 0.6) is 0 Å². The van der Waals surface area contributed by atoms with Gasteiger partial charge in [-0.1, -0.05) is 23.9 Å². The molecule has 0 N–H and O–H groups in total. The second-order valence-corrected chi connectivity index (χ2v) is 5.32. The van der Waals surface area contributed by atoms with Crippen LogP contribution in [-0.2, 0) is 6.54 Å². The van der Waals surface area contributed by atoms with Gasteiger partial charge < -0.3 is 4.57 Å². The summed E-state index contributed by atoms with van der Waals surface area (Å²) in [6, 6.07) is 6.69. The Morgan fingerprint density at radius 3 is 3.00 bits per heavy atom. The zero-order valence-electron chi connectivity index (χ0n) is 10.7. The molecule has 0 radical (unpaired) electrons. The number of hydrogen-bond acceptors (Lipinski definition) is 5. The third-order valence-electron chi connectivity index (χ3n) is 2.75. The number of aromatic nitrogens is 3. The van der Waals surface area contributed by atoms with E-state index in [0.29, 0.717) is 0 Å². The molecule has 0 bridgehead atoms. The summed E-state index contributed by atoms with van der Waals surface area (Å²) >= 11 is 1.54. The van der Waals surface area contributed by atoms with Crippen molar-refractivity contribution < 1.29 is 4.92 Å². The van der Waals surface area contributed by atoms with Crippen LogP contribution in [0, 0.1) is 10.1 Å². The molecule has 0 saturated carbocycles. The predicted octanol–water partition coefficient (Wildman–Crippen LogP) is 3.06. The Morgan fingerprint density at radius 2 is 2.32 bits per heavy atom. The summed E-state index contributed by atoms with van der Waals surface area (Å²) < 4.78 is 1.94. The first-order valence-electron chi connectivity index (χ1n) is 5.90. The molecule has 1 unspecified atom stereocenters.